The minimum absolute atomic E-state index is 0.209. The Balaban J connectivity index is 1.57. The van der Waals surface area contributed by atoms with E-state index in [4.69, 9.17) is 4.74 Å². The van der Waals surface area contributed by atoms with Gasteiger partial charge in [-0.3, -0.25) is 9.59 Å². The molecule has 3 N–H and O–H groups in total. The summed E-state index contributed by atoms with van der Waals surface area (Å²) in [6, 6.07) is 5.00. The lowest BCUT2D eigenvalue weighted by Crippen LogP contribution is -2.30. The van der Waals surface area contributed by atoms with E-state index >= 15 is 0 Å². The van der Waals surface area contributed by atoms with Crippen LogP contribution in [0.3, 0.4) is 0 Å². The quantitative estimate of drug-likeness (QED) is 0.577. The Kier molecular flexibility index (Phi) is 4.50. The fourth-order valence-corrected chi connectivity index (χ4v) is 2.73. The van der Waals surface area contributed by atoms with Crippen LogP contribution in [0.25, 0.3) is 11.0 Å². The van der Waals surface area contributed by atoms with Gasteiger partial charge in [-0.15, -0.1) is 0 Å². The van der Waals surface area contributed by atoms with Crippen molar-refractivity contribution in [3.8, 4) is 0 Å². The summed E-state index contributed by atoms with van der Waals surface area (Å²) in [6.45, 7) is 1.54. The number of H-pyrrole nitrogens is 2. The highest BCUT2D eigenvalue weighted by molar-refractivity contribution is 5.96. The number of hydrogen-bond donors (Lipinski definition) is 3. The molecule has 0 fully saturated rings. The molecule has 3 rings (SSSR count). The third kappa shape index (κ3) is 3.73. The summed E-state index contributed by atoms with van der Waals surface area (Å²) in [5, 5.41) is 2.68. The number of carbonyl (C=O) groups is 2. The highest BCUT2D eigenvalue weighted by Gasteiger charge is 2.21. The first kappa shape index (κ1) is 16.0. The average molecular weight is 329 g/mol. The summed E-state index contributed by atoms with van der Waals surface area (Å²) in [5.41, 5.74) is 1.46. The molecule has 1 aliphatic rings. The number of fused-ring (bicyclic) bond motifs is 1. The van der Waals surface area contributed by atoms with Gasteiger partial charge < -0.3 is 20.0 Å². The Morgan fingerprint density at radius 2 is 2.12 bits per heavy atom. The van der Waals surface area contributed by atoms with Crippen molar-refractivity contribution in [2.75, 3.05) is 5.32 Å². The lowest BCUT2D eigenvalue weighted by molar-refractivity contribution is -0.153. The number of aromatic nitrogens is 2. The van der Waals surface area contributed by atoms with Gasteiger partial charge in [0.25, 0.3) is 5.91 Å². The molecule has 0 radical (unpaired) electrons. The third-order valence-electron chi connectivity index (χ3n) is 4.00. The van der Waals surface area contributed by atoms with Crippen LogP contribution in [0, 0.1) is 5.92 Å². The van der Waals surface area contributed by atoms with Crippen molar-refractivity contribution in [2.45, 2.75) is 32.3 Å². The molecule has 2 atom stereocenters. The number of allylic oxidation sites excluding steroid dienone is 2. The monoisotopic (exact) mass is 329 g/mol. The Labute approximate surface area is 138 Å². The molecule has 1 aliphatic carbocycles. The van der Waals surface area contributed by atoms with Gasteiger partial charge in [-0.25, -0.2) is 4.79 Å². The van der Waals surface area contributed by atoms with Crippen LogP contribution in [0.1, 0.15) is 26.2 Å². The van der Waals surface area contributed by atoms with Gasteiger partial charge in [0.15, 0.2) is 6.10 Å². The van der Waals surface area contributed by atoms with E-state index in [2.05, 4.69) is 21.4 Å². The zero-order valence-electron chi connectivity index (χ0n) is 13.3. The van der Waals surface area contributed by atoms with Crippen molar-refractivity contribution in [1.29, 1.82) is 0 Å². The number of amides is 1. The summed E-state index contributed by atoms with van der Waals surface area (Å²) in [7, 11) is 0. The van der Waals surface area contributed by atoms with Crippen LogP contribution in [0.15, 0.2) is 35.1 Å². The van der Waals surface area contributed by atoms with E-state index in [1.54, 1.807) is 18.2 Å². The smallest absolute Gasteiger partial charge is 0.323 e. The number of carbonyl (C=O) groups excluding carboxylic acids is 2. The zero-order valence-corrected chi connectivity index (χ0v) is 13.3. The molecule has 126 valence electrons. The number of rotatable bonds is 5. The maximum atomic E-state index is 12.1. The van der Waals surface area contributed by atoms with E-state index < -0.39 is 12.0 Å². The fourth-order valence-electron chi connectivity index (χ4n) is 2.73. The lowest BCUT2D eigenvalue weighted by Gasteiger charge is -2.14. The SMILES string of the molecule is C[C@H](OC(=O)C[C@@H]1C=CCC1)C(=O)Nc1ccc2[nH]c(=O)[nH]c2c1. The number of anilines is 1. The van der Waals surface area contributed by atoms with Gasteiger partial charge in [0.2, 0.25) is 0 Å². The number of ether oxygens (including phenoxy) is 1. The van der Waals surface area contributed by atoms with Crippen molar-refractivity contribution in [3.63, 3.8) is 0 Å². The van der Waals surface area contributed by atoms with Crippen LogP contribution in [0.2, 0.25) is 0 Å². The summed E-state index contributed by atoms with van der Waals surface area (Å²) >= 11 is 0. The first-order valence-corrected chi connectivity index (χ1v) is 7.90. The molecule has 1 heterocycles. The fraction of sp³-hybridized carbons (Fsp3) is 0.353. The third-order valence-corrected chi connectivity index (χ3v) is 4.00. The van der Waals surface area contributed by atoms with Crippen LogP contribution in [-0.2, 0) is 14.3 Å². The lowest BCUT2D eigenvalue weighted by atomic mass is 10.1. The minimum Gasteiger partial charge on any atom is -0.453 e. The van der Waals surface area contributed by atoms with Crippen molar-refractivity contribution in [3.05, 3.63) is 40.8 Å². The van der Waals surface area contributed by atoms with Crippen molar-refractivity contribution < 1.29 is 14.3 Å². The van der Waals surface area contributed by atoms with Gasteiger partial charge in [0.05, 0.1) is 17.5 Å². The first-order valence-electron chi connectivity index (χ1n) is 7.90. The van der Waals surface area contributed by atoms with Gasteiger partial charge in [-0.1, -0.05) is 12.2 Å². The number of imidazole rings is 1. The summed E-state index contributed by atoms with van der Waals surface area (Å²) in [5.74, 6) is -0.581. The molecule has 0 saturated carbocycles. The van der Waals surface area contributed by atoms with E-state index in [9.17, 15) is 14.4 Å². The topological polar surface area (TPSA) is 104 Å². The largest absolute Gasteiger partial charge is 0.453 e. The van der Waals surface area contributed by atoms with Crippen molar-refractivity contribution in [1.82, 2.24) is 9.97 Å². The molecule has 1 aromatic carbocycles. The molecule has 0 saturated heterocycles. The molecule has 1 amide bonds. The van der Waals surface area contributed by atoms with Gasteiger partial charge in [-0.05, 0) is 43.9 Å². The summed E-state index contributed by atoms with van der Waals surface area (Å²) in [6.07, 6.45) is 5.41. The minimum atomic E-state index is -0.885. The van der Waals surface area contributed by atoms with Crippen LogP contribution in [0.4, 0.5) is 5.69 Å². The van der Waals surface area contributed by atoms with Crippen molar-refractivity contribution >= 4 is 28.6 Å². The maximum Gasteiger partial charge on any atom is 0.323 e. The Morgan fingerprint density at radius 1 is 1.33 bits per heavy atom. The van der Waals surface area contributed by atoms with Crippen LogP contribution >= 0.6 is 0 Å². The second-order valence-electron chi connectivity index (χ2n) is 5.93. The van der Waals surface area contributed by atoms with Crippen molar-refractivity contribution in [2.24, 2.45) is 5.92 Å². The Bertz CT molecular complexity index is 849. The number of hydrogen-bond acceptors (Lipinski definition) is 4. The Hall–Kier alpha value is -2.83. The predicted octanol–water partition coefficient (Wildman–Crippen LogP) is 2.08. The zero-order chi connectivity index (χ0) is 17.1. The molecule has 24 heavy (non-hydrogen) atoms. The second kappa shape index (κ2) is 6.74. The number of esters is 1. The second-order valence-corrected chi connectivity index (χ2v) is 5.93. The molecule has 2 aromatic rings. The Morgan fingerprint density at radius 3 is 2.88 bits per heavy atom. The molecule has 0 spiro atoms. The first-order chi connectivity index (χ1) is 11.5. The highest BCUT2D eigenvalue weighted by Crippen LogP contribution is 2.21. The van der Waals surface area contributed by atoms with Crippen LogP contribution in [-0.4, -0.2) is 27.9 Å². The maximum absolute atomic E-state index is 12.1. The molecule has 0 unspecified atom stereocenters. The van der Waals surface area contributed by atoms with Crippen LogP contribution in [0.5, 0.6) is 0 Å². The van der Waals surface area contributed by atoms with E-state index in [0.29, 0.717) is 23.1 Å². The number of aromatic amines is 2. The standard InChI is InChI=1S/C17H19N3O4/c1-10(24-15(21)8-11-4-2-3-5-11)16(22)18-12-6-7-13-14(9-12)20-17(23)19-13/h2,4,6-7,9-11H,3,5,8H2,1H3,(H,18,22)(H2,19,20,23)/t10-,11+/m0/s1. The predicted molar refractivity (Wildman–Crippen MR) is 89.6 cm³/mol. The summed E-state index contributed by atoms with van der Waals surface area (Å²) < 4.78 is 5.19. The molecule has 7 heteroatoms. The number of nitrogens with one attached hydrogen (secondary N) is 3. The normalized spacial score (nSPS) is 17.8. The molecule has 1 aromatic heterocycles. The highest BCUT2D eigenvalue weighted by atomic mass is 16.5. The van der Waals surface area contributed by atoms with Crippen LogP contribution < -0.4 is 11.0 Å². The van der Waals surface area contributed by atoms with E-state index in [1.165, 1.54) is 6.92 Å². The summed E-state index contributed by atoms with van der Waals surface area (Å²) in [4.78, 5) is 40.5. The molecule has 0 aliphatic heterocycles. The van der Waals surface area contributed by atoms with Gasteiger partial charge in [0.1, 0.15) is 0 Å². The van der Waals surface area contributed by atoms with E-state index in [1.807, 2.05) is 6.08 Å². The van der Waals surface area contributed by atoms with Gasteiger partial charge in [0, 0.05) is 5.69 Å². The molecule has 7 nitrogen and oxygen atoms in total. The van der Waals surface area contributed by atoms with Gasteiger partial charge in [-0.2, -0.15) is 0 Å². The average Bonchev–Trinajstić information content (AvgIpc) is 3.14. The number of benzene rings is 1. The van der Waals surface area contributed by atoms with E-state index in [0.717, 1.165) is 12.8 Å². The van der Waals surface area contributed by atoms with Gasteiger partial charge >= 0.3 is 11.7 Å². The molecular formula is C17H19N3O4. The molecule has 0 bridgehead atoms. The molecular weight excluding hydrogens is 310 g/mol. The van der Waals surface area contributed by atoms with E-state index in [-0.39, 0.29) is 17.6 Å².